The molecule has 0 aromatic rings. The molecule has 17 heavy (non-hydrogen) atoms. The van der Waals surface area contributed by atoms with Crippen molar-refractivity contribution in [3.05, 3.63) is 0 Å². The smallest absolute Gasteiger partial charge is 0.147 e. The minimum absolute atomic E-state index is 0.138. The minimum Gasteiger partial charge on any atom is -0.330 e. The van der Waals surface area contributed by atoms with Crippen LogP contribution in [-0.2, 0) is 9.84 Å². The van der Waals surface area contributed by atoms with E-state index in [0.717, 1.165) is 25.9 Å². The van der Waals surface area contributed by atoms with Crippen LogP contribution in [0, 0.1) is 11.8 Å². The molecule has 1 aliphatic rings. The van der Waals surface area contributed by atoms with Crippen molar-refractivity contribution in [2.75, 3.05) is 31.6 Å². The summed E-state index contributed by atoms with van der Waals surface area (Å²) in [5.41, 5.74) is 5.73. The van der Waals surface area contributed by atoms with E-state index in [0.29, 0.717) is 18.5 Å². The van der Waals surface area contributed by atoms with Crippen molar-refractivity contribution in [1.82, 2.24) is 4.90 Å². The lowest BCUT2D eigenvalue weighted by atomic mass is 9.85. The first-order valence-electron chi connectivity index (χ1n) is 6.45. The van der Waals surface area contributed by atoms with Gasteiger partial charge in [0, 0.05) is 12.3 Å². The molecule has 1 unspecified atom stereocenters. The Kier molecular flexibility index (Phi) is 5.41. The maximum absolute atomic E-state index is 11.3. The summed E-state index contributed by atoms with van der Waals surface area (Å²) >= 11 is 0. The Morgan fingerprint density at radius 1 is 1.29 bits per heavy atom. The maximum Gasteiger partial charge on any atom is 0.147 e. The predicted molar refractivity (Wildman–Crippen MR) is 71.7 cm³/mol. The summed E-state index contributed by atoms with van der Waals surface area (Å²) in [6, 6.07) is 0.585. The normalized spacial score (nSPS) is 21.9. The zero-order valence-electron chi connectivity index (χ0n) is 11.2. The zero-order chi connectivity index (χ0) is 13.1. The van der Waals surface area contributed by atoms with Crippen LogP contribution in [0.3, 0.4) is 0 Å². The molecule has 0 aromatic heterocycles. The van der Waals surface area contributed by atoms with E-state index in [-0.39, 0.29) is 11.7 Å². The first kappa shape index (κ1) is 14.9. The number of hydrogen-bond acceptors (Lipinski definition) is 4. The molecule has 2 N–H and O–H groups in total. The monoisotopic (exact) mass is 262 g/mol. The molecule has 1 rings (SSSR count). The fraction of sp³-hybridized carbons (Fsp3) is 1.00. The van der Waals surface area contributed by atoms with E-state index in [4.69, 9.17) is 5.73 Å². The molecule has 0 radical (unpaired) electrons. The van der Waals surface area contributed by atoms with Crippen LogP contribution in [0.1, 0.15) is 26.7 Å². The molecular weight excluding hydrogens is 236 g/mol. The van der Waals surface area contributed by atoms with Gasteiger partial charge in [0.1, 0.15) is 9.84 Å². The van der Waals surface area contributed by atoms with Crippen molar-refractivity contribution in [3.63, 3.8) is 0 Å². The Bertz CT molecular complexity index is 319. The fourth-order valence-corrected chi connectivity index (χ4v) is 3.88. The van der Waals surface area contributed by atoms with Gasteiger partial charge in [-0.25, -0.2) is 8.42 Å². The van der Waals surface area contributed by atoms with Gasteiger partial charge in [-0.1, -0.05) is 0 Å². The standard InChI is InChI=1S/C12H26N2O2S/c1-10(2)14-6-4-11(5-7-14)12(8-13)9-17(3,15)16/h10-12H,4-9,13H2,1-3H3. The van der Waals surface area contributed by atoms with Gasteiger partial charge < -0.3 is 10.6 Å². The van der Waals surface area contributed by atoms with Crippen LogP contribution in [0.25, 0.3) is 0 Å². The van der Waals surface area contributed by atoms with Crippen molar-refractivity contribution < 1.29 is 8.42 Å². The third kappa shape index (κ3) is 4.94. The molecule has 1 saturated heterocycles. The Labute approximate surface area is 105 Å². The SMILES string of the molecule is CC(C)N1CCC(C(CN)CS(C)(=O)=O)CC1. The number of nitrogens with zero attached hydrogens (tertiary/aromatic N) is 1. The summed E-state index contributed by atoms with van der Waals surface area (Å²) in [6.07, 6.45) is 3.46. The lowest BCUT2D eigenvalue weighted by Crippen LogP contribution is -2.42. The highest BCUT2D eigenvalue weighted by molar-refractivity contribution is 7.90. The van der Waals surface area contributed by atoms with Gasteiger partial charge in [-0.05, 0) is 58.2 Å². The van der Waals surface area contributed by atoms with E-state index >= 15 is 0 Å². The molecule has 1 fully saturated rings. The summed E-state index contributed by atoms with van der Waals surface area (Å²) in [7, 11) is -2.91. The quantitative estimate of drug-likeness (QED) is 0.793. The second-order valence-corrected chi connectivity index (χ2v) is 7.74. The molecule has 0 amide bonds. The topological polar surface area (TPSA) is 63.4 Å². The highest BCUT2D eigenvalue weighted by Gasteiger charge is 2.28. The number of hydrogen-bond donors (Lipinski definition) is 1. The third-order valence-corrected chi connectivity index (χ3v) is 4.82. The Hall–Kier alpha value is -0.130. The summed E-state index contributed by atoms with van der Waals surface area (Å²) in [5.74, 6) is 0.861. The highest BCUT2D eigenvalue weighted by atomic mass is 32.2. The summed E-state index contributed by atoms with van der Waals surface area (Å²) in [5, 5.41) is 0. The van der Waals surface area contributed by atoms with Gasteiger partial charge in [0.25, 0.3) is 0 Å². The number of likely N-dealkylation sites (tertiary alicyclic amines) is 1. The van der Waals surface area contributed by atoms with Crippen LogP contribution in [-0.4, -0.2) is 51.0 Å². The van der Waals surface area contributed by atoms with Gasteiger partial charge >= 0.3 is 0 Å². The molecule has 102 valence electrons. The molecule has 0 bridgehead atoms. The Morgan fingerprint density at radius 3 is 2.18 bits per heavy atom. The van der Waals surface area contributed by atoms with Crippen molar-refractivity contribution in [1.29, 1.82) is 0 Å². The second kappa shape index (κ2) is 6.16. The summed E-state index contributed by atoms with van der Waals surface area (Å²) in [6.45, 7) is 7.04. The van der Waals surface area contributed by atoms with Gasteiger partial charge in [-0.3, -0.25) is 0 Å². The summed E-state index contributed by atoms with van der Waals surface area (Å²) in [4.78, 5) is 2.45. The van der Waals surface area contributed by atoms with Gasteiger partial charge in [0.15, 0.2) is 0 Å². The second-order valence-electron chi connectivity index (χ2n) is 5.56. The molecule has 5 heteroatoms. The average molecular weight is 262 g/mol. The number of rotatable bonds is 5. The Balaban J connectivity index is 2.51. The number of sulfone groups is 1. The van der Waals surface area contributed by atoms with E-state index in [1.165, 1.54) is 6.26 Å². The van der Waals surface area contributed by atoms with Gasteiger partial charge in [0.05, 0.1) is 5.75 Å². The molecule has 1 heterocycles. The molecule has 0 saturated carbocycles. The van der Waals surface area contributed by atoms with Gasteiger partial charge in [-0.2, -0.15) is 0 Å². The van der Waals surface area contributed by atoms with Crippen LogP contribution < -0.4 is 5.73 Å². The molecule has 4 nitrogen and oxygen atoms in total. The highest BCUT2D eigenvalue weighted by Crippen LogP contribution is 2.26. The molecular formula is C12H26N2O2S. The van der Waals surface area contributed by atoms with Crippen molar-refractivity contribution in [2.45, 2.75) is 32.7 Å². The van der Waals surface area contributed by atoms with E-state index in [2.05, 4.69) is 18.7 Å². The van der Waals surface area contributed by atoms with Gasteiger partial charge in [-0.15, -0.1) is 0 Å². The summed E-state index contributed by atoms with van der Waals surface area (Å²) < 4.78 is 22.7. The lowest BCUT2D eigenvalue weighted by molar-refractivity contribution is 0.127. The average Bonchev–Trinajstić information content (AvgIpc) is 2.25. The van der Waals surface area contributed by atoms with E-state index in [1.54, 1.807) is 0 Å². The predicted octanol–water partition coefficient (Wildman–Crippen LogP) is 0.726. The lowest BCUT2D eigenvalue weighted by Gasteiger charge is -2.37. The maximum atomic E-state index is 11.3. The Morgan fingerprint density at radius 2 is 1.82 bits per heavy atom. The van der Waals surface area contributed by atoms with Crippen LogP contribution in [0.4, 0.5) is 0 Å². The number of nitrogens with two attached hydrogens (primary N) is 1. The largest absolute Gasteiger partial charge is 0.330 e. The van der Waals surface area contributed by atoms with Crippen LogP contribution in [0.5, 0.6) is 0 Å². The van der Waals surface area contributed by atoms with Crippen molar-refractivity contribution in [3.8, 4) is 0 Å². The molecule has 1 atom stereocenters. The van der Waals surface area contributed by atoms with E-state index < -0.39 is 9.84 Å². The van der Waals surface area contributed by atoms with Crippen molar-refractivity contribution >= 4 is 9.84 Å². The number of piperidine rings is 1. The van der Waals surface area contributed by atoms with Crippen molar-refractivity contribution in [2.24, 2.45) is 17.6 Å². The van der Waals surface area contributed by atoms with E-state index in [9.17, 15) is 8.42 Å². The third-order valence-electron chi connectivity index (χ3n) is 3.79. The fourth-order valence-electron chi connectivity index (χ4n) is 2.69. The zero-order valence-corrected chi connectivity index (χ0v) is 12.0. The molecule has 0 spiro atoms. The van der Waals surface area contributed by atoms with Crippen LogP contribution >= 0.6 is 0 Å². The van der Waals surface area contributed by atoms with Crippen LogP contribution in [0.15, 0.2) is 0 Å². The first-order valence-corrected chi connectivity index (χ1v) is 8.51. The molecule has 1 aliphatic heterocycles. The molecule has 0 aromatic carbocycles. The van der Waals surface area contributed by atoms with Gasteiger partial charge in [0.2, 0.25) is 0 Å². The van der Waals surface area contributed by atoms with Crippen LogP contribution in [0.2, 0.25) is 0 Å². The first-order chi connectivity index (χ1) is 7.83. The molecule has 0 aliphatic carbocycles. The van der Waals surface area contributed by atoms with E-state index in [1.807, 2.05) is 0 Å². The minimum atomic E-state index is -2.91.